The molecule has 2 heterocycles. The van der Waals surface area contributed by atoms with E-state index < -0.39 is 0 Å². The topological polar surface area (TPSA) is 49.8 Å². The zero-order chi connectivity index (χ0) is 19.2. The number of aryl methyl sites for hydroxylation is 1. The Morgan fingerprint density at radius 2 is 1.75 bits per heavy atom. The Morgan fingerprint density at radius 1 is 0.929 bits per heavy atom. The normalized spacial score (nSPS) is 16.0. The first-order valence-electron chi connectivity index (χ1n) is 9.85. The zero-order valence-corrected chi connectivity index (χ0v) is 17.5. The highest BCUT2D eigenvalue weighted by atomic mass is 79.9. The highest BCUT2D eigenvalue weighted by Crippen LogP contribution is 2.29. The molecule has 4 nitrogen and oxygen atoms in total. The number of aromatic nitrogens is 2. The first kappa shape index (κ1) is 19.2. The minimum absolute atomic E-state index is 0.334. The van der Waals surface area contributed by atoms with Gasteiger partial charge in [0.2, 0.25) is 0 Å². The number of halogens is 1. The Labute approximate surface area is 175 Å². The predicted octanol–water partition coefficient (Wildman–Crippen LogP) is 4.70. The van der Waals surface area contributed by atoms with E-state index in [4.69, 9.17) is 4.98 Å². The molecular formula is C23H25BrN4. The molecule has 1 aliphatic carbocycles. The Balaban J connectivity index is 1.29. The molecule has 4 rings (SSSR count). The summed E-state index contributed by atoms with van der Waals surface area (Å²) in [5, 5.41) is 7.14. The van der Waals surface area contributed by atoms with Gasteiger partial charge in [0.15, 0.2) is 0 Å². The summed E-state index contributed by atoms with van der Waals surface area (Å²) >= 11 is 3.51. The summed E-state index contributed by atoms with van der Waals surface area (Å²) in [7, 11) is 0. The predicted molar refractivity (Wildman–Crippen MR) is 116 cm³/mol. The maximum Gasteiger partial charge on any atom is 0.106 e. The van der Waals surface area contributed by atoms with Crippen molar-refractivity contribution in [1.82, 2.24) is 20.6 Å². The largest absolute Gasteiger partial charge is 0.307 e. The maximum atomic E-state index is 4.72. The van der Waals surface area contributed by atoms with Crippen LogP contribution >= 0.6 is 15.9 Å². The Bertz CT molecular complexity index is 896. The van der Waals surface area contributed by atoms with Crippen molar-refractivity contribution in [2.75, 3.05) is 0 Å². The molecule has 2 N–H and O–H groups in total. The van der Waals surface area contributed by atoms with Crippen LogP contribution in [0, 0.1) is 0 Å². The summed E-state index contributed by atoms with van der Waals surface area (Å²) in [5.41, 5.74) is 6.23. The van der Waals surface area contributed by atoms with Crippen LogP contribution in [-0.4, -0.2) is 9.97 Å². The molecule has 0 bridgehead atoms. The Morgan fingerprint density at radius 3 is 2.54 bits per heavy atom. The molecular weight excluding hydrogens is 412 g/mol. The van der Waals surface area contributed by atoms with Crippen molar-refractivity contribution in [2.45, 2.75) is 44.9 Å². The van der Waals surface area contributed by atoms with Crippen LogP contribution in [0.5, 0.6) is 0 Å². The minimum Gasteiger partial charge on any atom is -0.307 e. The molecule has 1 aromatic carbocycles. The average molecular weight is 437 g/mol. The number of rotatable bonds is 7. The third-order valence-electron chi connectivity index (χ3n) is 5.18. The fraction of sp³-hybridized carbons (Fsp3) is 0.304. The molecule has 0 amide bonds. The van der Waals surface area contributed by atoms with E-state index in [9.17, 15) is 0 Å². The van der Waals surface area contributed by atoms with Crippen molar-refractivity contribution >= 4 is 15.9 Å². The van der Waals surface area contributed by atoms with E-state index in [-0.39, 0.29) is 0 Å². The third-order valence-corrected chi connectivity index (χ3v) is 5.63. The van der Waals surface area contributed by atoms with Crippen molar-refractivity contribution in [3.8, 4) is 0 Å². The standard InChI is InChI=1S/C23H25BrN4/c24-22-12-11-19-4-3-6-21(23(19)28-22)27-15-18-9-7-17(8-10-18)14-25-16-20-5-1-2-13-26-20/h1-2,5,7-13,21,25,27H,3-4,6,14-16H2. The zero-order valence-electron chi connectivity index (χ0n) is 15.9. The number of pyridine rings is 2. The summed E-state index contributed by atoms with van der Waals surface area (Å²) < 4.78 is 0.919. The summed E-state index contributed by atoms with van der Waals surface area (Å²) in [6, 6.07) is 19.4. The lowest BCUT2D eigenvalue weighted by Gasteiger charge is -2.25. The molecule has 1 aliphatic rings. The van der Waals surface area contributed by atoms with E-state index in [0.29, 0.717) is 6.04 Å². The SMILES string of the molecule is Brc1ccc2c(n1)C(NCc1ccc(CNCc3ccccn3)cc1)CCC2. The van der Waals surface area contributed by atoms with E-state index in [1.165, 1.54) is 28.8 Å². The van der Waals surface area contributed by atoms with Crippen molar-refractivity contribution in [2.24, 2.45) is 0 Å². The van der Waals surface area contributed by atoms with Gasteiger partial charge in [0.25, 0.3) is 0 Å². The second kappa shape index (κ2) is 9.41. The van der Waals surface area contributed by atoms with Crippen LogP contribution in [0.2, 0.25) is 0 Å². The molecule has 2 aromatic heterocycles. The van der Waals surface area contributed by atoms with Crippen molar-refractivity contribution < 1.29 is 0 Å². The molecule has 5 heteroatoms. The lowest BCUT2D eigenvalue weighted by molar-refractivity contribution is 0.447. The van der Waals surface area contributed by atoms with Gasteiger partial charge in [-0.3, -0.25) is 4.98 Å². The summed E-state index contributed by atoms with van der Waals surface area (Å²) in [6.45, 7) is 2.49. The maximum absolute atomic E-state index is 4.72. The fourth-order valence-corrected chi connectivity index (χ4v) is 4.00. The van der Waals surface area contributed by atoms with Gasteiger partial charge in [0, 0.05) is 25.8 Å². The quantitative estimate of drug-likeness (QED) is 0.527. The summed E-state index contributed by atoms with van der Waals surface area (Å²) in [6.07, 6.45) is 5.33. The van der Waals surface area contributed by atoms with Crippen LogP contribution in [-0.2, 0) is 26.1 Å². The first-order valence-corrected chi connectivity index (χ1v) is 10.6. The van der Waals surface area contributed by atoms with Crippen LogP contribution in [0.4, 0.5) is 0 Å². The van der Waals surface area contributed by atoms with E-state index in [2.05, 4.69) is 61.9 Å². The van der Waals surface area contributed by atoms with Gasteiger partial charge in [0.05, 0.1) is 17.4 Å². The van der Waals surface area contributed by atoms with Gasteiger partial charge in [-0.15, -0.1) is 0 Å². The monoisotopic (exact) mass is 436 g/mol. The van der Waals surface area contributed by atoms with Crippen molar-refractivity contribution in [3.63, 3.8) is 0 Å². The third kappa shape index (κ3) is 5.04. The number of nitrogens with zero attached hydrogens (tertiary/aromatic N) is 2. The molecule has 0 aliphatic heterocycles. The minimum atomic E-state index is 0.334. The van der Waals surface area contributed by atoms with E-state index in [1.807, 2.05) is 30.5 Å². The number of fused-ring (bicyclic) bond motifs is 1. The number of benzene rings is 1. The van der Waals surface area contributed by atoms with Crippen LogP contribution in [0.3, 0.4) is 0 Å². The summed E-state index contributed by atoms with van der Waals surface area (Å²) in [5.74, 6) is 0. The van der Waals surface area contributed by atoms with E-state index in [1.54, 1.807) is 0 Å². The van der Waals surface area contributed by atoms with Crippen molar-refractivity contribution in [1.29, 1.82) is 0 Å². The Hall–Kier alpha value is -2.08. The lowest BCUT2D eigenvalue weighted by Crippen LogP contribution is -2.26. The number of hydrogen-bond acceptors (Lipinski definition) is 4. The fourth-order valence-electron chi connectivity index (χ4n) is 3.68. The van der Waals surface area contributed by atoms with Crippen LogP contribution in [0.15, 0.2) is 65.4 Å². The van der Waals surface area contributed by atoms with Gasteiger partial charge in [-0.05, 0) is 70.1 Å². The molecule has 144 valence electrons. The Kier molecular flexibility index (Phi) is 6.47. The van der Waals surface area contributed by atoms with Gasteiger partial charge in [-0.1, -0.05) is 36.4 Å². The van der Waals surface area contributed by atoms with Crippen LogP contribution < -0.4 is 10.6 Å². The van der Waals surface area contributed by atoms with Crippen molar-refractivity contribution in [3.05, 3.63) is 93.5 Å². The highest BCUT2D eigenvalue weighted by Gasteiger charge is 2.21. The van der Waals surface area contributed by atoms with Gasteiger partial charge in [0.1, 0.15) is 4.60 Å². The molecule has 28 heavy (non-hydrogen) atoms. The van der Waals surface area contributed by atoms with Gasteiger partial charge >= 0.3 is 0 Å². The molecule has 0 fully saturated rings. The van der Waals surface area contributed by atoms with E-state index >= 15 is 0 Å². The van der Waals surface area contributed by atoms with Gasteiger partial charge < -0.3 is 10.6 Å². The summed E-state index contributed by atoms with van der Waals surface area (Å²) in [4.78, 5) is 9.06. The second-order valence-electron chi connectivity index (χ2n) is 7.25. The van der Waals surface area contributed by atoms with Crippen LogP contribution in [0.25, 0.3) is 0 Å². The van der Waals surface area contributed by atoms with Gasteiger partial charge in [-0.2, -0.15) is 0 Å². The molecule has 3 aromatic rings. The molecule has 0 saturated heterocycles. The molecule has 0 spiro atoms. The highest BCUT2D eigenvalue weighted by molar-refractivity contribution is 9.10. The van der Waals surface area contributed by atoms with Gasteiger partial charge in [-0.25, -0.2) is 4.98 Å². The molecule has 0 radical (unpaired) electrons. The average Bonchev–Trinajstić information content (AvgIpc) is 2.74. The molecule has 0 saturated carbocycles. The first-order chi connectivity index (χ1) is 13.8. The van der Waals surface area contributed by atoms with E-state index in [0.717, 1.165) is 42.8 Å². The van der Waals surface area contributed by atoms with Crippen LogP contribution in [0.1, 0.15) is 47.0 Å². The smallest absolute Gasteiger partial charge is 0.106 e. The number of hydrogen-bond donors (Lipinski definition) is 2. The molecule has 1 atom stereocenters. The second-order valence-corrected chi connectivity index (χ2v) is 8.06. The number of nitrogens with one attached hydrogen (secondary N) is 2. The molecule has 1 unspecified atom stereocenters. The lowest BCUT2D eigenvalue weighted by atomic mass is 9.92.